The number of benzene rings is 1. The molecule has 1 rings (SSSR count). The second-order valence-corrected chi connectivity index (χ2v) is 3.96. The summed E-state index contributed by atoms with van der Waals surface area (Å²) < 4.78 is 0. The molecule has 0 saturated heterocycles. The van der Waals surface area contributed by atoms with E-state index in [4.69, 9.17) is 23.2 Å². The minimum atomic E-state index is -0.487. The lowest BCUT2D eigenvalue weighted by atomic mass is 10.1. The van der Waals surface area contributed by atoms with Crippen LogP contribution in [0.15, 0.2) is 35.9 Å². The first-order valence-corrected chi connectivity index (χ1v) is 6.40. The van der Waals surface area contributed by atoms with Crippen LogP contribution in [0.4, 0.5) is 0 Å². The lowest BCUT2D eigenvalue weighted by Gasteiger charge is -2.22. The van der Waals surface area contributed by atoms with Crippen molar-refractivity contribution in [3.63, 3.8) is 0 Å². The van der Waals surface area contributed by atoms with Gasteiger partial charge in [-0.2, -0.15) is 0 Å². The van der Waals surface area contributed by atoms with Gasteiger partial charge in [-0.3, -0.25) is 9.59 Å². The van der Waals surface area contributed by atoms with Crippen LogP contribution in [-0.4, -0.2) is 22.6 Å². The Morgan fingerprint density at radius 3 is 2.28 bits per heavy atom. The van der Waals surface area contributed by atoms with Crippen LogP contribution in [0.5, 0.6) is 0 Å². The third kappa shape index (κ3) is 3.34. The van der Waals surface area contributed by atoms with Gasteiger partial charge >= 0.3 is 0 Å². The molecule has 0 aliphatic heterocycles. The Morgan fingerprint density at radius 1 is 1.22 bits per heavy atom. The Hall–Kier alpha value is -1.32. The number of alkyl halides is 1. The van der Waals surface area contributed by atoms with Crippen molar-refractivity contribution in [1.29, 1.82) is 0 Å². The molecule has 1 aromatic rings. The maximum Gasteiger partial charge on any atom is 0.248 e. The molecule has 0 aliphatic rings. The minimum Gasteiger partial charge on any atom is -0.274 e. The SMILES string of the molecule is CCC(=O)N(C(=O)CCl)C(=CCl)c1ccccc1. The Labute approximate surface area is 116 Å². The van der Waals surface area contributed by atoms with E-state index in [1.165, 1.54) is 5.54 Å². The zero-order valence-electron chi connectivity index (χ0n) is 9.90. The average Bonchev–Trinajstić information content (AvgIpc) is 2.44. The molecular formula is C13H13Cl2NO2. The number of nitrogens with zero attached hydrogens (tertiary/aromatic N) is 1. The van der Waals surface area contributed by atoms with E-state index in [-0.39, 0.29) is 18.2 Å². The van der Waals surface area contributed by atoms with Crippen LogP contribution in [-0.2, 0) is 9.59 Å². The first-order chi connectivity index (χ1) is 8.65. The van der Waals surface area contributed by atoms with E-state index in [0.29, 0.717) is 11.3 Å². The van der Waals surface area contributed by atoms with E-state index in [1.54, 1.807) is 31.2 Å². The summed E-state index contributed by atoms with van der Waals surface area (Å²) in [6.45, 7) is 1.67. The first-order valence-electron chi connectivity index (χ1n) is 5.43. The second kappa shape index (κ2) is 7.19. The molecule has 0 aliphatic carbocycles. The van der Waals surface area contributed by atoms with Crippen molar-refractivity contribution in [2.24, 2.45) is 0 Å². The molecule has 0 spiro atoms. The standard InChI is InChI=1S/C13H13Cl2NO2/c1-2-12(17)16(13(18)9-15)11(8-14)10-6-4-3-5-7-10/h3-8H,2,9H2,1H3. The normalized spacial score (nSPS) is 11.2. The summed E-state index contributed by atoms with van der Waals surface area (Å²) in [6.07, 6.45) is 0.198. The molecule has 3 nitrogen and oxygen atoms in total. The molecule has 0 bridgehead atoms. The summed E-state index contributed by atoms with van der Waals surface area (Å²) in [5.74, 6) is -1.09. The molecule has 0 saturated carbocycles. The van der Waals surface area contributed by atoms with Crippen LogP contribution in [0.25, 0.3) is 5.70 Å². The lowest BCUT2D eigenvalue weighted by Crippen LogP contribution is -2.35. The summed E-state index contributed by atoms with van der Waals surface area (Å²) in [5.41, 5.74) is 2.25. The van der Waals surface area contributed by atoms with Crippen molar-refractivity contribution >= 4 is 40.7 Å². The summed E-state index contributed by atoms with van der Waals surface area (Å²) in [5, 5.41) is 0. The second-order valence-electron chi connectivity index (χ2n) is 3.47. The highest BCUT2D eigenvalue weighted by molar-refractivity contribution is 6.31. The number of amides is 2. The van der Waals surface area contributed by atoms with Gasteiger partial charge in [0.15, 0.2) is 0 Å². The predicted molar refractivity (Wildman–Crippen MR) is 73.1 cm³/mol. The summed E-state index contributed by atoms with van der Waals surface area (Å²) in [6, 6.07) is 8.98. The van der Waals surface area contributed by atoms with Crippen LogP contribution in [0.1, 0.15) is 18.9 Å². The third-order valence-corrected chi connectivity index (χ3v) is 2.76. The highest BCUT2D eigenvalue weighted by Gasteiger charge is 2.24. The van der Waals surface area contributed by atoms with Crippen LogP contribution in [0.2, 0.25) is 0 Å². The lowest BCUT2D eigenvalue weighted by molar-refractivity contribution is -0.138. The van der Waals surface area contributed by atoms with Crippen LogP contribution >= 0.6 is 23.2 Å². The van der Waals surface area contributed by atoms with Gasteiger partial charge < -0.3 is 0 Å². The van der Waals surface area contributed by atoms with E-state index in [0.717, 1.165) is 4.90 Å². The minimum absolute atomic E-state index is 0.198. The van der Waals surface area contributed by atoms with Crippen molar-refractivity contribution in [1.82, 2.24) is 4.90 Å². The molecule has 0 unspecified atom stereocenters. The van der Waals surface area contributed by atoms with E-state index >= 15 is 0 Å². The Morgan fingerprint density at radius 2 is 1.83 bits per heavy atom. The number of carbonyl (C=O) groups is 2. The fourth-order valence-electron chi connectivity index (χ4n) is 1.48. The molecule has 0 atom stereocenters. The van der Waals surface area contributed by atoms with Gasteiger partial charge in [0.2, 0.25) is 11.8 Å². The molecule has 5 heteroatoms. The maximum absolute atomic E-state index is 11.8. The number of hydrogen-bond acceptors (Lipinski definition) is 2. The zero-order valence-corrected chi connectivity index (χ0v) is 11.4. The molecule has 0 heterocycles. The van der Waals surface area contributed by atoms with Gasteiger partial charge in [-0.25, -0.2) is 4.90 Å². The van der Waals surface area contributed by atoms with Crippen LogP contribution in [0, 0.1) is 0 Å². The van der Waals surface area contributed by atoms with E-state index in [9.17, 15) is 9.59 Å². The topological polar surface area (TPSA) is 37.4 Å². The third-order valence-electron chi connectivity index (χ3n) is 2.33. The number of hydrogen-bond donors (Lipinski definition) is 0. The summed E-state index contributed by atoms with van der Waals surface area (Å²) >= 11 is 11.3. The van der Waals surface area contributed by atoms with Gasteiger partial charge in [-0.1, -0.05) is 48.9 Å². The van der Waals surface area contributed by atoms with Crippen LogP contribution < -0.4 is 0 Å². The number of halogens is 2. The smallest absolute Gasteiger partial charge is 0.248 e. The summed E-state index contributed by atoms with van der Waals surface area (Å²) in [7, 11) is 0. The van der Waals surface area contributed by atoms with Gasteiger partial charge in [-0.05, 0) is 5.56 Å². The largest absolute Gasteiger partial charge is 0.274 e. The molecular weight excluding hydrogens is 273 g/mol. The Balaban J connectivity index is 3.18. The highest BCUT2D eigenvalue weighted by Crippen LogP contribution is 2.21. The number of imide groups is 1. The quantitative estimate of drug-likeness (QED) is 0.797. The Bertz CT molecular complexity index is 441. The van der Waals surface area contributed by atoms with Gasteiger partial charge in [0.1, 0.15) is 5.88 Å². The first kappa shape index (κ1) is 14.7. The van der Waals surface area contributed by atoms with Crippen molar-refractivity contribution in [3.8, 4) is 0 Å². The average molecular weight is 286 g/mol. The molecule has 2 amide bonds. The number of rotatable bonds is 4. The molecule has 18 heavy (non-hydrogen) atoms. The van der Waals surface area contributed by atoms with Gasteiger partial charge in [0, 0.05) is 12.0 Å². The molecule has 0 aromatic heterocycles. The van der Waals surface area contributed by atoms with Crippen molar-refractivity contribution in [2.75, 3.05) is 5.88 Å². The zero-order chi connectivity index (χ0) is 13.5. The fraction of sp³-hybridized carbons (Fsp3) is 0.231. The molecule has 0 N–H and O–H groups in total. The number of carbonyl (C=O) groups excluding carboxylic acids is 2. The maximum atomic E-state index is 11.8. The van der Waals surface area contributed by atoms with Gasteiger partial charge in [-0.15, -0.1) is 11.6 Å². The molecule has 0 fully saturated rings. The van der Waals surface area contributed by atoms with Gasteiger partial charge in [0.05, 0.1) is 5.70 Å². The van der Waals surface area contributed by atoms with E-state index < -0.39 is 5.91 Å². The van der Waals surface area contributed by atoms with Crippen molar-refractivity contribution in [2.45, 2.75) is 13.3 Å². The van der Waals surface area contributed by atoms with Gasteiger partial charge in [0.25, 0.3) is 0 Å². The Kier molecular flexibility index (Phi) is 5.89. The van der Waals surface area contributed by atoms with E-state index in [1.807, 2.05) is 6.07 Å². The highest BCUT2D eigenvalue weighted by atomic mass is 35.5. The van der Waals surface area contributed by atoms with Crippen molar-refractivity contribution < 1.29 is 9.59 Å². The monoisotopic (exact) mass is 285 g/mol. The van der Waals surface area contributed by atoms with E-state index in [2.05, 4.69) is 0 Å². The molecule has 96 valence electrons. The van der Waals surface area contributed by atoms with Crippen molar-refractivity contribution in [3.05, 3.63) is 41.4 Å². The summed E-state index contributed by atoms with van der Waals surface area (Å²) in [4.78, 5) is 24.6. The molecule has 1 aromatic carbocycles. The predicted octanol–water partition coefficient (Wildman–Crippen LogP) is 3.23. The van der Waals surface area contributed by atoms with Crippen LogP contribution in [0.3, 0.4) is 0 Å². The fourth-order valence-corrected chi connectivity index (χ4v) is 1.82. The molecule has 0 radical (unpaired) electrons.